The fourth-order valence-corrected chi connectivity index (χ4v) is 8.80. The second-order valence-corrected chi connectivity index (χ2v) is 13.9. The molecule has 0 atom stereocenters. The van der Waals surface area contributed by atoms with Gasteiger partial charge in [0, 0.05) is 76.8 Å². The number of hydrogen-bond acceptors (Lipinski definition) is 6. The Labute approximate surface area is 275 Å². The van der Waals surface area contributed by atoms with Crippen LogP contribution in [0.4, 0.5) is 5.69 Å². The van der Waals surface area contributed by atoms with Crippen LogP contribution in [0.1, 0.15) is 105 Å². The molecular formula is C39H44N4O4. The molecule has 8 heteroatoms. The zero-order chi connectivity index (χ0) is 32.1. The van der Waals surface area contributed by atoms with Gasteiger partial charge in [0.25, 0.3) is 5.91 Å². The number of benzene rings is 3. The molecule has 8 rings (SSSR count). The maximum atomic E-state index is 13.5. The monoisotopic (exact) mass is 632 g/mol. The number of nitrogens with two attached hydrogens (primary N) is 1. The maximum absolute atomic E-state index is 13.5. The summed E-state index contributed by atoms with van der Waals surface area (Å²) in [6.07, 6.45) is 12.0. The van der Waals surface area contributed by atoms with Crippen molar-refractivity contribution in [2.75, 3.05) is 44.2 Å². The Morgan fingerprint density at radius 3 is 2.45 bits per heavy atom. The van der Waals surface area contributed by atoms with Crippen LogP contribution in [0.5, 0.6) is 11.5 Å². The van der Waals surface area contributed by atoms with E-state index in [9.17, 15) is 14.7 Å². The summed E-state index contributed by atoms with van der Waals surface area (Å²) in [6.45, 7) is 5.46. The van der Waals surface area contributed by atoms with E-state index in [0.29, 0.717) is 24.2 Å². The van der Waals surface area contributed by atoms with Crippen molar-refractivity contribution in [2.24, 2.45) is 5.73 Å². The molecule has 3 aromatic carbocycles. The van der Waals surface area contributed by atoms with Gasteiger partial charge in [-0.15, -0.1) is 0 Å². The molecule has 5 aliphatic rings. The first kappa shape index (κ1) is 30.2. The van der Waals surface area contributed by atoms with E-state index in [2.05, 4.69) is 26.9 Å². The van der Waals surface area contributed by atoms with Crippen LogP contribution in [0.2, 0.25) is 0 Å². The lowest BCUT2D eigenvalue weighted by Gasteiger charge is -2.39. The topological polar surface area (TPSA) is 111 Å². The van der Waals surface area contributed by atoms with Crippen molar-refractivity contribution in [2.45, 2.75) is 77.0 Å². The third-order valence-electron chi connectivity index (χ3n) is 10.9. The number of carbonyl (C=O) groups excluding carboxylic acids is 2. The van der Waals surface area contributed by atoms with Gasteiger partial charge in [-0.05, 0) is 93.3 Å². The number of rotatable bonds is 9. The number of nitrogens with zero attached hydrogens (tertiary/aromatic N) is 2. The number of carboxylic acid groups (broad SMARTS) is 1. The van der Waals surface area contributed by atoms with Crippen LogP contribution in [0.15, 0.2) is 30.3 Å². The lowest BCUT2D eigenvalue weighted by molar-refractivity contribution is -0.255. The molecule has 0 spiro atoms. The summed E-state index contributed by atoms with van der Waals surface area (Å²) >= 11 is 0. The predicted octanol–water partition coefficient (Wildman–Crippen LogP) is 2.73. The molecule has 0 saturated carbocycles. The summed E-state index contributed by atoms with van der Waals surface area (Å²) in [7, 11) is 0. The van der Waals surface area contributed by atoms with Crippen LogP contribution in [-0.2, 0) is 25.7 Å². The number of hydrogen-bond donors (Lipinski definition) is 2. The molecule has 3 N–H and O–H groups in total. The maximum Gasteiger partial charge on any atom is 0.251 e. The molecule has 5 heterocycles. The van der Waals surface area contributed by atoms with E-state index in [4.69, 9.17) is 10.5 Å². The smallest absolute Gasteiger partial charge is 0.251 e. The number of carboxylic acids is 1. The molecule has 244 valence electrons. The van der Waals surface area contributed by atoms with Gasteiger partial charge >= 0.3 is 0 Å². The molecular weight excluding hydrogens is 588 g/mol. The minimum atomic E-state index is -1.25. The molecule has 0 radical (unpaired) electrons. The Morgan fingerprint density at radius 1 is 0.851 bits per heavy atom. The Balaban J connectivity index is 1.35. The van der Waals surface area contributed by atoms with Gasteiger partial charge in [0.05, 0.1) is 11.5 Å². The van der Waals surface area contributed by atoms with Gasteiger partial charge in [-0.1, -0.05) is 18.9 Å². The molecule has 0 fully saturated rings. The molecule has 0 aliphatic carbocycles. The van der Waals surface area contributed by atoms with E-state index >= 15 is 0 Å². The van der Waals surface area contributed by atoms with Crippen LogP contribution in [0.25, 0.3) is 5.57 Å². The Morgan fingerprint density at radius 2 is 1.62 bits per heavy atom. The molecule has 5 aliphatic heterocycles. The number of unbranched alkanes of at least 4 members (excludes halogenated alkanes) is 3. The van der Waals surface area contributed by atoms with E-state index in [1.807, 2.05) is 0 Å². The van der Waals surface area contributed by atoms with Gasteiger partial charge < -0.3 is 30.6 Å². The van der Waals surface area contributed by atoms with Gasteiger partial charge in [-0.3, -0.25) is 4.79 Å². The number of carbonyl (C=O) groups is 2. The molecule has 47 heavy (non-hydrogen) atoms. The highest BCUT2D eigenvalue weighted by Crippen LogP contribution is 2.48. The van der Waals surface area contributed by atoms with E-state index in [1.165, 1.54) is 33.3 Å². The lowest BCUT2D eigenvalue weighted by Crippen LogP contribution is -2.45. The van der Waals surface area contributed by atoms with Crippen LogP contribution in [-0.4, -0.2) is 51.1 Å². The minimum absolute atomic E-state index is 0.0955. The average molecular weight is 633 g/mol. The summed E-state index contributed by atoms with van der Waals surface area (Å²) in [6, 6.07) is 9.46. The zero-order valence-corrected chi connectivity index (χ0v) is 27.2. The van der Waals surface area contributed by atoms with Crippen LogP contribution in [0.3, 0.4) is 0 Å². The van der Waals surface area contributed by atoms with E-state index in [1.54, 1.807) is 18.2 Å². The average Bonchev–Trinajstić information content (AvgIpc) is 3.09. The van der Waals surface area contributed by atoms with Crippen molar-refractivity contribution in [1.82, 2.24) is 9.89 Å². The van der Waals surface area contributed by atoms with E-state index in [0.717, 1.165) is 131 Å². The number of ether oxygens (including phenoxy) is 1. The SMILES string of the molecule is NCCCCCCNC(=O)c1ccc(C(=O)[O-])c(C2=c3cc4c5c(c3Oc3c2cc2c6c3CCCN6CCC2)CCC[N+]=5CCC4)c1. The number of anilines is 1. The molecule has 0 saturated heterocycles. The van der Waals surface area contributed by atoms with Crippen molar-refractivity contribution >= 4 is 23.1 Å². The second kappa shape index (κ2) is 12.5. The zero-order valence-electron chi connectivity index (χ0n) is 27.2. The Bertz CT molecular complexity index is 1920. The second-order valence-electron chi connectivity index (χ2n) is 13.9. The first-order chi connectivity index (χ1) is 23.0. The largest absolute Gasteiger partial charge is 0.545 e. The molecule has 3 aromatic rings. The first-order valence-corrected chi connectivity index (χ1v) is 17.8. The van der Waals surface area contributed by atoms with Crippen LogP contribution in [0, 0.1) is 0 Å². The standard InChI is InChI=1S/C39H44N4O4/c40-15-3-1-2-4-16-41-38(44)26-13-14-27(39(45)46)30(23-26)33-31-21-24-9-5-17-42-19-7-11-28(34(24)42)36(31)47-37-29-12-8-20-43-18-6-10-25(35(29)43)22-32(33)37/h13-14,21-23H,1-12,15-20,40H2,(H-,41,44,45,46). The van der Waals surface area contributed by atoms with Crippen LogP contribution >= 0.6 is 0 Å². The highest BCUT2D eigenvalue weighted by atomic mass is 16.5. The van der Waals surface area contributed by atoms with Gasteiger partial charge in [-0.25, -0.2) is 4.58 Å². The summed E-state index contributed by atoms with van der Waals surface area (Å²) < 4.78 is 9.63. The summed E-state index contributed by atoms with van der Waals surface area (Å²) in [5.41, 5.74) is 14.9. The number of amides is 1. The van der Waals surface area contributed by atoms with Crippen molar-refractivity contribution in [3.8, 4) is 11.5 Å². The number of nitrogens with one attached hydrogen (secondary N) is 1. The highest BCUT2D eigenvalue weighted by Gasteiger charge is 2.36. The predicted molar refractivity (Wildman–Crippen MR) is 181 cm³/mol. The summed E-state index contributed by atoms with van der Waals surface area (Å²) in [5.74, 6) is 0.276. The van der Waals surface area contributed by atoms with E-state index < -0.39 is 5.97 Å². The van der Waals surface area contributed by atoms with E-state index in [-0.39, 0.29) is 11.5 Å². The minimum Gasteiger partial charge on any atom is -0.545 e. The Kier molecular flexibility index (Phi) is 8.00. The normalized spacial score (nSPS) is 17.3. The molecule has 0 bridgehead atoms. The fraction of sp³-hybridized carbons (Fsp3) is 0.462. The lowest BCUT2D eigenvalue weighted by atomic mass is 9.81. The van der Waals surface area contributed by atoms with Gasteiger partial charge in [0.15, 0.2) is 0 Å². The quantitative estimate of drug-likeness (QED) is 0.217. The molecule has 1 amide bonds. The number of aryl methyl sites for hydroxylation is 2. The van der Waals surface area contributed by atoms with Crippen molar-refractivity contribution < 1.29 is 19.4 Å². The van der Waals surface area contributed by atoms with Crippen LogP contribution < -0.4 is 40.9 Å². The van der Waals surface area contributed by atoms with Crippen molar-refractivity contribution in [1.29, 1.82) is 0 Å². The van der Waals surface area contributed by atoms with Crippen molar-refractivity contribution in [3.05, 3.63) is 85.4 Å². The van der Waals surface area contributed by atoms with Gasteiger partial charge in [-0.2, -0.15) is 0 Å². The summed E-state index contributed by atoms with van der Waals surface area (Å²) in [4.78, 5) is 28.8. The van der Waals surface area contributed by atoms with Gasteiger partial charge in [0.2, 0.25) is 5.36 Å². The highest BCUT2D eigenvalue weighted by molar-refractivity contribution is 6.02. The Hall–Kier alpha value is -4.17. The fourth-order valence-electron chi connectivity index (χ4n) is 8.80. The third kappa shape index (κ3) is 5.21. The number of fused-ring (bicyclic) bond motifs is 4. The first-order valence-electron chi connectivity index (χ1n) is 17.8. The third-order valence-corrected chi connectivity index (χ3v) is 10.9. The molecule has 0 aromatic heterocycles. The molecule has 0 unspecified atom stereocenters. The summed E-state index contributed by atoms with van der Waals surface area (Å²) in [5, 5.41) is 18.1. The number of aromatic carboxylic acids is 1. The molecule has 8 nitrogen and oxygen atoms in total. The van der Waals surface area contributed by atoms with Gasteiger partial charge in [0.1, 0.15) is 24.6 Å². The van der Waals surface area contributed by atoms with Crippen molar-refractivity contribution in [3.63, 3.8) is 0 Å².